The number of rotatable bonds is 8. The zero-order valence-electron chi connectivity index (χ0n) is 15.0. The van der Waals surface area contributed by atoms with Crippen molar-refractivity contribution < 1.29 is 18.9 Å². The summed E-state index contributed by atoms with van der Waals surface area (Å²) in [7, 11) is 0. The highest BCUT2D eigenvalue weighted by atomic mass is 35.5. The van der Waals surface area contributed by atoms with Gasteiger partial charge >= 0.3 is 5.97 Å². The lowest BCUT2D eigenvalue weighted by Crippen LogP contribution is -2.39. The van der Waals surface area contributed by atoms with Crippen LogP contribution in [0, 0.1) is 5.92 Å². The summed E-state index contributed by atoms with van der Waals surface area (Å²) in [6.07, 6.45) is 1.59. The van der Waals surface area contributed by atoms with Crippen LogP contribution in [0.2, 0.25) is 0 Å². The van der Waals surface area contributed by atoms with Gasteiger partial charge in [-0.15, -0.1) is 11.3 Å². The van der Waals surface area contributed by atoms with E-state index in [1.165, 1.54) is 17.4 Å². The number of thiazole rings is 1. The second-order valence-corrected chi connectivity index (χ2v) is 8.58. The van der Waals surface area contributed by atoms with Crippen LogP contribution in [0.1, 0.15) is 29.9 Å². The van der Waals surface area contributed by atoms with Crippen LogP contribution in [-0.2, 0) is 21.7 Å². The molecule has 1 heterocycles. The van der Waals surface area contributed by atoms with Gasteiger partial charge in [-0.3, -0.25) is 10.1 Å². The first-order chi connectivity index (χ1) is 12.8. The van der Waals surface area contributed by atoms with Crippen LogP contribution < -0.4 is 14.9 Å². The van der Waals surface area contributed by atoms with Crippen molar-refractivity contribution in [2.75, 3.05) is 11.6 Å². The predicted molar refractivity (Wildman–Crippen MR) is 108 cm³/mol. The Morgan fingerprint density at radius 1 is 1.37 bits per heavy atom. The van der Waals surface area contributed by atoms with Crippen molar-refractivity contribution in [3.8, 4) is 5.75 Å². The Kier molecular flexibility index (Phi) is 8.06. The fourth-order valence-electron chi connectivity index (χ4n) is 2.16. The van der Waals surface area contributed by atoms with Gasteiger partial charge in [0.25, 0.3) is 5.91 Å². The summed E-state index contributed by atoms with van der Waals surface area (Å²) in [5.41, 5.74) is 0.836. The number of carbonyl (C=O) groups excluding carboxylic acids is 2. The molecular formula is C17H20ClN3O4S2. The van der Waals surface area contributed by atoms with E-state index < -0.39 is 29.1 Å². The molecule has 0 aliphatic carbocycles. The van der Waals surface area contributed by atoms with Gasteiger partial charge in [-0.1, -0.05) is 37.2 Å². The molecular weight excluding hydrogens is 410 g/mol. The molecule has 2 N–H and O–H groups in total. The number of halogens is 1. The fraction of sp³-hybridized carbons (Fsp3) is 0.353. The third kappa shape index (κ3) is 6.18. The highest BCUT2D eigenvalue weighted by Crippen LogP contribution is 2.23. The summed E-state index contributed by atoms with van der Waals surface area (Å²) in [4.78, 5) is 31.5. The maximum absolute atomic E-state index is 12.6. The Hall–Kier alpha value is -1.65. The molecule has 1 aromatic heterocycles. The summed E-state index contributed by atoms with van der Waals surface area (Å²) < 4.78 is 16.6. The third-order valence-electron chi connectivity index (χ3n) is 3.50. The summed E-state index contributed by atoms with van der Waals surface area (Å²) in [6.45, 7) is 3.65. The molecule has 7 nitrogen and oxygen atoms in total. The molecule has 10 heteroatoms. The second kappa shape index (κ2) is 10.0. The van der Waals surface area contributed by atoms with Gasteiger partial charge in [0.2, 0.25) is 0 Å². The van der Waals surface area contributed by atoms with E-state index in [-0.39, 0.29) is 17.2 Å². The minimum atomic E-state index is -1.01. The number of ether oxygens (including phenoxy) is 1. The van der Waals surface area contributed by atoms with Crippen molar-refractivity contribution in [1.29, 1.82) is 0 Å². The maximum Gasteiger partial charge on any atom is 0.330 e. The SMILES string of the molecule is CC(C)[C@H](NCl)C(=O)Oc1ccccc1C(=O)Nc1nc(C[S+](C)[O-])cs1. The Balaban J connectivity index is 2.13. The van der Waals surface area contributed by atoms with Crippen LogP contribution in [-0.4, -0.2) is 33.7 Å². The third-order valence-corrected chi connectivity index (χ3v) is 5.25. The van der Waals surface area contributed by atoms with Crippen molar-refractivity contribution in [3.05, 3.63) is 40.9 Å². The number of esters is 1. The topological polar surface area (TPSA) is 103 Å². The summed E-state index contributed by atoms with van der Waals surface area (Å²) >= 11 is 5.83. The summed E-state index contributed by atoms with van der Waals surface area (Å²) in [6, 6.07) is 5.70. The molecule has 0 aliphatic heterocycles. The number of hydrogen-bond donors (Lipinski definition) is 2. The molecule has 27 heavy (non-hydrogen) atoms. The lowest BCUT2D eigenvalue weighted by Gasteiger charge is -2.18. The van der Waals surface area contributed by atoms with Crippen LogP contribution in [0.4, 0.5) is 5.13 Å². The molecule has 2 atom stereocenters. The molecule has 0 bridgehead atoms. The molecule has 0 fully saturated rings. The van der Waals surface area contributed by atoms with Gasteiger partial charge < -0.3 is 9.29 Å². The van der Waals surface area contributed by atoms with Crippen LogP contribution in [0.15, 0.2) is 29.6 Å². The smallest absolute Gasteiger partial charge is 0.330 e. The van der Waals surface area contributed by atoms with Crippen LogP contribution in [0.25, 0.3) is 0 Å². The van der Waals surface area contributed by atoms with Gasteiger partial charge in [0.05, 0.1) is 11.8 Å². The Morgan fingerprint density at radius 2 is 2.07 bits per heavy atom. The van der Waals surface area contributed by atoms with E-state index in [0.717, 1.165) is 0 Å². The average Bonchev–Trinajstić information content (AvgIpc) is 3.01. The summed E-state index contributed by atoms with van der Waals surface area (Å²) in [5.74, 6) is -0.681. The molecule has 1 aromatic carbocycles. The van der Waals surface area contributed by atoms with Gasteiger partial charge in [0.1, 0.15) is 23.2 Å². The summed E-state index contributed by atoms with van der Waals surface area (Å²) in [5, 5.41) is 4.79. The minimum absolute atomic E-state index is 0.0890. The van der Waals surface area contributed by atoms with E-state index in [0.29, 0.717) is 16.6 Å². The maximum atomic E-state index is 12.6. The van der Waals surface area contributed by atoms with Gasteiger partial charge in [-0.2, -0.15) is 0 Å². The number of amides is 1. The first kappa shape index (κ1) is 21.6. The van der Waals surface area contributed by atoms with Crippen molar-refractivity contribution in [2.45, 2.75) is 25.6 Å². The minimum Gasteiger partial charge on any atom is -0.616 e. The molecule has 0 saturated heterocycles. The van der Waals surface area contributed by atoms with E-state index >= 15 is 0 Å². The molecule has 0 spiro atoms. The number of carbonyl (C=O) groups is 2. The highest BCUT2D eigenvalue weighted by Gasteiger charge is 2.25. The standard InChI is InChI=1S/C17H20ClN3O4S2/c1-10(2)14(21-18)16(23)25-13-7-5-4-6-12(13)15(22)20-17-19-11(8-26-17)9-27(3)24/h4-8,10,14,21H,9H2,1-3H3,(H,19,20,22)/t14-,27?/m0/s1. The number of para-hydroxylation sites is 1. The predicted octanol–water partition coefficient (Wildman–Crippen LogP) is 2.95. The molecule has 0 aliphatic rings. The highest BCUT2D eigenvalue weighted by molar-refractivity contribution is 7.89. The second-order valence-electron chi connectivity index (χ2n) is 6.06. The number of nitrogens with zero attached hydrogens (tertiary/aromatic N) is 1. The van der Waals surface area contributed by atoms with Crippen molar-refractivity contribution in [1.82, 2.24) is 9.82 Å². The molecule has 1 amide bonds. The van der Waals surface area contributed by atoms with Gasteiger partial charge in [-0.05, 0) is 29.8 Å². The molecule has 0 radical (unpaired) electrons. The van der Waals surface area contributed by atoms with Gasteiger partial charge in [0, 0.05) is 5.38 Å². The van der Waals surface area contributed by atoms with Gasteiger partial charge in [0.15, 0.2) is 5.13 Å². The Morgan fingerprint density at radius 3 is 2.70 bits per heavy atom. The quantitative estimate of drug-likeness (QED) is 0.289. The first-order valence-corrected chi connectivity index (χ1v) is 11.0. The van der Waals surface area contributed by atoms with Crippen molar-refractivity contribution in [2.24, 2.45) is 5.92 Å². The normalized spacial score (nSPS) is 13.3. The number of aromatic nitrogens is 1. The largest absolute Gasteiger partial charge is 0.616 e. The molecule has 1 unspecified atom stereocenters. The van der Waals surface area contributed by atoms with E-state index in [2.05, 4.69) is 15.1 Å². The number of benzene rings is 1. The first-order valence-electron chi connectivity index (χ1n) is 8.04. The monoisotopic (exact) mass is 429 g/mol. The number of anilines is 1. The van der Waals surface area contributed by atoms with E-state index in [1.807, 2.05) is 13.8 Å². The number of nitrogens with one attached hydrogen (secondary N) is 2. The van der Waals surface area contributed by atoms with Gasteiger partial charge in [-0.25, -0.2) is 14.6 Å². The number of hydrogen-bond acceptors (Lipinski definition) is 7. The molecule has 2 rings (SSSR count). The zero-order valence-corrected chi connectivity index (χ0v) is 17.4. The van der Waals surface area contributed by atoms with E-state index in [9.17, 15) is 14.1 Å². The van der Waals surface area contributed by atoms with E-state index in [4.69, 9.17) is 16.5 Å². The molecule has 0 saturated carbocycles. The van der Waals surface area contributed by atoms with Crippen LogP contribution >= 0.6 is 23.1 Å². The van der Waals surface area contributed by atoms with Crippen LogP contribution in [0.5, 0.6) is 5.75 Å². The van der Waals surface area contributed by atoms with Crippen molar-refractivity contribution >= 4 is 51.3 Å². The van der Waals surface area contributed by atoms with Crippen LogP contribution in [0.3, 0.4) is 0 Å². The zero-order chi connectivity index (χ0) is 20.0. The average molecular weight is 430 g/mol. The molecule has 2 aromatic rings. The Labute approximate surface area is 169 Å². The Bertz CT molecular complexity index is 798. The lowest BCUT2D eigenvalue weighted by molar-refractivity contribution is -0.137. The van der Waals surface area contributed by atoms with E-state index in [1.54, 1.807) is 29.8 Å². The fourth-order valence-corrected chi connectivity index (χ4v) is 3.88. The lowest BCUT2D eigenvalue weighted by atomic mass is 10.1. The van der Waals surface area contributed by atoms with Crippen molar-refractivity contribution in [3.63, 3.8) is 0 Å². The molecule has 146 valence electrons.